The maximum atomic E-state index is 3.83. The molecule has 0 saturated heterocycles. The fraction of sp³-hybridized carbons (Fsp3) is 0.231. The monoisotopic (exact) mass is 174 g/mol. The first-order valence-electron chi connectivity index (χ1n) is 4.50. The molecule has 1 rings (SSSR count). The third kappa shape index (κ3) is 5.92. The van der Waals surface area contributed by atoms with Gasteiger partial charge in [0.05, 0.1) is 0 Å². The molecule has 0 heterocycles. The molecule has 0 aromatic heterocycles. The minimum atomic E-state index is 1.12. The molecule has 0 amide bonds. The molecule has 1 aromatic rings. The van der Waals surface area contributed by atoms with Crippen LogP contribution < -0.4 is 0 Å². The van der Waals surface area contributed by atoms with E-state index in [0.29, 0.717) is 0 Å². The molecule has 0 aliphatic heterocycles. The maximum absolute atomic E-state index is 3.83. The van der Waals surface area contributed by atoms with Crippen LogP contribution in [0, 0.1) is 0 Å². The fourth-order valence-electron chi connectivity index (χ4n) is 0.723. The summed E-state index contributed by atoms with van der Waals surface area (Å²) in [4.78, 5) is 0. The van der Waals surface area contributed by atoms with Crippen molar-refractivity contribution in [2.75, 3.05) is 0 Å². The number of hydrogen-bond donors (Lipinski definition) is 0. The number of allylic oxidation sites excluding steroid dienone is 3. The van der Waals surface area contributed by atoms with Gasteiger partial charge in [-0.3, -0.25) is 0 Å². The van der Waals surface area contributed by atoms with Crippen molar-refractivity contribution in [1.29, 1.82) is 0 Å². The lowest BCUT2D eigenvalue weighted by Crippen LogP contribution is -1.72. The van der Waals surface area contributed by atoms with Crippen molar-refractivity contribution in [2.24, 2.45) is 0 Å². The van der Waals surface area contributed by atoms with E-state index in [-0.39, 0.29) is 0 Å². The highest BCUT2D eigenvalue weighted by Gasteiger charge is 1.86. The van der Waals surface area contributed by atoms with E-state index in [1.807, 2.05) is 51.1 Å². The normalized spacial score (nSPS) is 9.15. The van der Waals surface area contributed by atoms with Crippen LogP contribution in [0.25, 0.3) is 5.57 Å². The van der Waals surface area contributed by atoms with Crippen LogP contribution >= 0.6 is 0 Å². The Labute approximate surface area is 81.6 Å². The standard InChI is InChI=1S/C9H10.C4H8/c1-8(2)9-6-4-3-5-7-9;1-3-4-2/h3-7H,1H2,2H3;3-4H,1-2H3/b;4-3-. The quantitative estimate of drug-likeness (QED) is 0.557. The summed E-state index contributed by atoms with van der Waals surface area (Å²) in [6.45, 7) is 9.83. The Hall–Kier alpha value is -1.30. The lowest BCUT2D eigenvalue weighted by molar-refractivity contribution is 1.58. The van der Waals surface area contributed by atoms with Crippen molar-refractivity contribution in [3.05, 3.63) is 54.6 Å². The third-order valence-electron chi connectivity index (χ3n) is 1.60. The van der Waals surface area contributed by atoms with Gasteiger partial charge < -0.3 is 0 Å². The predicted molar refractivity (Wildman–Crippen MR) is 61.6 cm³/mol. The van der Waals surface area contributed by atoms with Gasteiger partial charge in [-0.25, -0.2) is 0 Å². The number of benzene rings is 1. The van der Waals surface area contributed by atoms with E-state index in [0.717, 1.165) is 5.57 Å². The highest BCUT2D eigenvalue weighted by molar-refractivity contribution is 5.60. The summed E-state index contributed by atoms with van der Waals surface area (Å²) in [6, 6.07) is 10.2. The molecular weight excluding hydrogens is 156 g/mol. The summed E-state index contributed by atoms with van der Waals surface area (Å²) < 4.78 is 0. The van der Waals surface area contributed by atoms with Gasteiger partial charge in [0.2, 0.25) is 0 Å². The Morgan fingerprint density at radius 3 is 1.77 bits per heavy atom. The van der Waals surface area contributed by atoms with Gasteiger partial charge in [0.1, 0.15) is 0 Å². The molecule has 0 saturated carbocycles. The van der Waals surface area contributed by atoms with Gasteiger partial charge in [0, 0.05) is 0 Å². The average Bonchev–Trinajstić information content (AvgIpc) is 2.19. The highest BCUT2D eigenvalue weighted by Crippen LogP contribution is 2.08. The summed E-state index contributed by atoms with van der Waals surface area (Å²) in [6.07, 6.45) is 4.00. The maximum Gasteiger partial charge on any atom is -0.0233 e. The average molecular weight is 174 g/mol. The van der Waals surface area contributed by atoms with Crippen molar-refractivity contribution in [3.63, 3.8) is 0 Å². The van der Waals surface area contributed by atoms with Crippen LogP contribution in [0.15, 0.2) is 49.1 Å². The van der Waals surface area contributed by atoms with Gasteiger partial charge in [-0.15, -0.1) is 0 Å². The second kappa shape index (κ2) is 7.35. The molecule has 0 bridgehead atoms. The van der Waals surface area contributed by atoms with Gasteiger partial charge in [0.15, 0.2) is 0 Å². The predicted octanol–water partition coefficient (Wildman–Crippen LogP) is 4.30. The molecule has 0 nitrogen and oxygen atoms in total. The van der Waals surface area contributed by atoms with Gasteiger partial charge in [-0.1, -0.05) is 54.6 Å². The molecule has 70 valence electrons. The van der Waals surface area contributed by atoms with Gasteiger partial charge in [-0.05, 0) is 26.3 Å². The van der Waals surface area contributed by atoms with E-state index in [4.69, 9.17) is 0 Å². The molecule has 0 atom stereocenters. The summed E-state index contributed by atoms with van der Waals surface area (Å²) in [5, 5.41) is 0. The molecule has 0 spiro atoms. The van der Waals surface area contributed by atoms with E-state index in [2.05, 4.69) is 18.7 Å². The largest absolute Gasteiger partial charge is 0.0955 e. The van der Waals surface area contributed by atoms with E-state index >= 15 is 0 Å². The van der Waals surface area contributed by atoms with Crippen LogP contribution in [0.1, 0.15) is 26.3 Å². The summed E-state index contributed by atoms with van der Waals surface area (Å²) in [7, 11) is 0. The van der Waals surface area contributed by atoms with Gasteiger partial charge in [0.25, 0.3) is 0 Å². The second-order valence-electron chi connectivity index (χ2n) is 2.81. The van der Waals surface area contributed by atoms with Crippen LogP contribution in [0.2, 0.25) is 0 Å². The molecule has 0 N–H and O–H groups in total. The van der Waals surface area contributed by atoms with Crippen molar-refractivity contribution >= 4 is 5.57 Å². The van der Waals surface area contributed by atoms with Crippen molar-refractivity contribution < 1.29 is 0 Å². The van der Waals surface area contributed by atoms with E-state index in [1.54, 1.807) is 0 Å². The first-order valence-corrected chi connectivity index (χ1v) is 4.50. The highest BCUT2D eigenvalue weighted by atomic mass is 13.9. The molecular formula is C13H18. The van der Waals surface area contributed by atoms with Crippen molar-refractivity contribution in [2.45, 2.75) is 20.8 Å². The second-order valence-corrected chi connectivity index (χ2v) is 2.81. The molecule has 0 heteroatoms. The van der Waals surface area contributed by atoms with Crippen LogP contribution in [0.4, 0.5) is 0 Å². The van der Waals surface area contributed by atoms with Gasteiger partial charge >= 0.3 is 0 Å². The molecule has 0 aliphatic rings. The molecule has 1 aromatic carbocycles. The number of rotatable bonds is 1. The molecule has 0 radical (unpaired) electrons. The molecule has 0 fully saturated rings. The van der Waals surface area contributed by atoms with Crippen LogP contribution in [-0.4, -0.2) is 0 Å². The summed E-state index contributed by atoms with van der Waals surface area (Å²) in [5.41, 5.74) is 2.34. The van der Waals surface area contributed by atoms with Crippen LogP contribution in [0.3, 0.4) is 0 Å². The third-order valence-corrected chi connectivity index (χ3v) is 1.60. The fourth-order valence-corrected chi connectivity index (χ4v) is 0.723. The zero-order chi connectivity index (χ0) is 10.1. The Bertz CT molecular complexity index is 251. The Kier molecular flexibility index (Phi) is 6.62. The first-order chi connectivity index (χ1) is 6.22. The van der Waals surface area contributed by atoms with E-state index < -0.39 is 0 Å². The van der Waals surface area contributed by atoms with Crippen molar-refractivity contribution in [1.82, 2.24) is 0 Å². The Balaban J connectivity index is 0.000000310. The van der Waals surface area contributed by atoms with Crippen LogP contribution in [0.5, 0.6) is 0 Å². The Morgan fingerprint density at radius 1 is 1.08 bits per heavy atom. The smallest absolute Gasteiger partial charge is 0.0233 e. The number of hydrogen-bond acceptors (Lipinski definition) is 0. The first kappa shape index (κ1) is 11.7. The van der Waals surface area contributed by atoms with E-state index in [1.165, 1.54) is 5.56 Å². The summed E-state index contributed by atoms with van der Waals surface area (Å²) >= 11 is 0. The molecule has 13 heavy (non-hydrogen) atoms. The topological polar surface area (TPSA) is 0 Å². The minimum absolute atomic E-state index is 1.12. The van der Waals surface area contributed by atoms with Crippen molar-refractivity contribution in [3.8, 4) is 0 Å². The van der Waals surface area contributed by atoms with E-state index in [9.17, 15) is 0 Å². The Morgan fingerprint density at radius 2 is 1.54 bits per heavy atom. The zero-order valence-corrected chi connectivity index (χ0v) is 8.75. The lowest BCUT2D eigenvalue weighted by atomic mass is 10.1. The van der Waals surface area contributed by atoms with Gasteiger partial charge in [-0.2, -0.15) is 0 Å². The SMILES string of the molecule is C/C=C\C.C=C(C)c1ccccc1. The summed E-state index contributed by atoms with van der Waals surface area (Å²) in [5.74, 6) is 0. The van der Waals surface area contributed by atoms with Crippen LogP contribution in [-0.2, 0) is 0 Å². The zero-order valence-electron chi connectivity index (χ0n) is 8.75. The minimum Gasteiger partial charge on any atom is -0.0955 e. The molecule has 0 unspecified atom stereocenters. The molecule has 0 aliphatic carbocycles. The lowest BCUT2D eigenvalue weighted by Gasteiger charge is -1.94.